The van der Waals surface area contributed by atoms with Crippen molar-refractivity contribution in [3.8, 4) is 0 Å². The Balaban J connectivity index is 5.40. The van der Waals surface area contributed by atoms with Crippen molar-refractivity contribution in [1.29, 1.82) is 0 Å². The summed E-state index contributed by atoms with van der Waals surface area (Å²) < 4.78 is -1.57. The average Bonchev–Trinajstić information content (AvgIpc) is 2.14. The molecular formula is C9H15NaO4. The van der Waals surface area contributed by atoms with Crippen molar-refractivity contribution in [3.05, 3.63) is 0 Å². The second-order valence-electron chi connectivity index (χ2n) is 4.00. The zero-order valence-corrected chi connectivity index (χ0v) is 11.1. The van der Waals surface area contributed by atoms with Gasteiger partial charge >= 0.3 is 101 Å². The Morgan fingerprint density at radius 3 is 1.50 bits per heavy atom. The van der Waals surface area contributed by atoms with E-state index in [2.05, 4.69) is 0 Å². The van der Waals surface area contributed by atoms with Gasteiger partial charge in [0.25, 0.3) is 0 Å². The summed E-state index contributed by atoms with van der Waals surface area (Å²) in [6, 6.07) is 0. The van der Waals surface area contributed by atoms with Crippen molar-refractivity contribution in [3.63, 3.8) is 0 Å². The second-order valence-corrected chi connectivity index (χ2v) is 5.50. The Labute approximate surface area is 101 Å². The Kier molecular flexibility index (Phi) is 4.62. The van der Waals surface area contributed by atoms with E-state index in [1.54, 1.807) is 6.92 Å². The van der Waals surface area contributed by atoms with Gasteiger partial charge in [-0.1, -0.05) is 0 Å². The molecular weight excluding hydrogens is 195 g/mol. The predicted octanol–water partition coefficient (Wildman–Crippen LogP) is 1.31. The van der Waals surface area contributed by atoms with Crippen LogP contribution in [-0.2, 0) is 9.59 Å². The number of carbonyl (C=O) groups is 2. The quantitative estimate of drug-likeness (QED) is 0.530. The molecule has 0 saturated heterocycles. The van der Waals surface area contributed by atoms with Crippen molar-refractivity contribution in [2.75, 3.05) is 0 Å². The Morgan fingerprint density at radius 2 is 1.43 bits per heavy atom. The fourth-order valence-corrected chi connectivity index (χ4v) is 2.27. The molecule has 0 heterocycles. The molecule has 0 fully saturated rings. The molecule has 0 amide bonds. The Morgan fingerprint density at radius 1 is 1.14 bits per heavy atom. The van der Waals surface area contributed by atoms with E-state index in [4.69, 9.17) is 10.2 Å². The minimum atomic E-state index is -1.57. The standard InChI is InChI=1S/C9H15O4.Na/c1-4-9(3,5-2)6(7(10)11)8(12)13;/h4-5H2,1-3H3,(H,10,11)(H,12,13);. The van der Waals surface area contributed by atoms with Crippen molar-refractivity contribution in [2.24, 2.45) is 5.41 Å². The maximum absolute atomic E-state index is 11.1. The summed E-state index contributed by atoms with van der Waals surface area (Å²) in [4.78, 5) is 22.2. The summed E-state index contributed by atoms with van der Waals surface area (Å²) in [5, 5.41) is 18.1. The first-order valence-corrected chi connectivity index (χ1v) is 5.73. The summed E-state index contributed by atoms with van der Waals surface area (Å²) in [5.41, 5.74) is -0.656. The molecule has 0 unspecified atom stereocenters. The second kappa shape index (κ2) is 4.64. The summed E-state index contributed by atoms with van der Waals surface area (Å²) in [7, 11) is 0. The third-order valence-electron chi connectivity index (χ3n) is 3.62. The van der Waals surface area contributed by atoms with Gasteiger partial charge in [0, 0.05) is 0 Å². The summed E-state index contributed by atoms with van der Waals surface area (Å²) >= 11 is 0.115. The summed E-state index contributed by atoms with van der Waals surface area (Å²) in [6.07, 6.45) is 1.12. The van der Waals surface area contributed by atoms with E-state index in [-0.39, 0.29) is 27.9 Å². The van der Waals surface area contributed by atoms with Crippen LogP contribution in [0.3, 0.4) is 0 Å². The summed E-state index contributed by atoms with van der Waals surface area (Å²) in [6.45, 7) is 5.41. The number of carboxylic acids is 2. The van der Waals surface area contributed by atoms with E-state index in [0.717, 1.165) is 0 Å². The Bertz CT molecular complexity index is 231. The van der Waals surface area contributed by atoms with E-state index in [1.165, 1.54) is 0 Å². The molecule has 76 valence electrons. The fraction of sp³-hybridized carbons (Fsp3) is 0.778. The number of rotatable bonds is 5. The molecule has 0 aromatic rings. The molecule has 0 bridgehead atoms. The first-order valence-electron chi connectivity index (χ1n) is 4.73. The van der Waals surface area contributed by atoms with Crippen molar-refractivity contribution < 1.29 is 19.8 Å². The molecule has 0 atom stereocenters. The molecule has 0 aromatic heterocycles. The van der Waals surface area contributed by atoms with Crippen LogP contribution in [-0.4, -0.2) is 50.1 Å². The van der Waals surface area contributed by atoms with Crippen molar-refractivity contribution in [2.45, 2.75) is 36.3 Å². The number of aliphatic carboxylic acids is 2. The van der Waals surface area contributed by atoms with Gasteiger partial charge in [-0.05, 0) is 0 Å². The zero-order chi connectivity index (χ0) is 11.6. The molecule has 0 aliphatic heterocycles. The van der Waals surface area contributed by atoms with Crippen LogP contribution < -0.4 is 0 Å². The predicted molar refractivity (Wildman–Crippen MR) is 52.4 cm³/mol. The van der Waals surface area contributed by atoms with E-state index in [1.807, 2.05) is 13.8 Å². The van der Waals surface area contributed by atoms with E-state index in [0.29, 0.717) is 12.8 Å². The SMILES string of the molecule is CCC(C)(CC)[C]([Na])(C(=O)O)C(=O)O. The topological polar surface area (TPSA) is 74.6 Å². The fourth-order valence-electron chi connectivity index (χ4n) is 1.56. The van der Waals surface area contributed by atoms with Gasteiger partial charge in [0.1, 0.15) is 0 Å². The summed E-state index contributed by atoms with van der Waals surface area (Å²) in [5.74, 6) is -2.41. The van der Waals surface area contributed by atoms with E-state index in [9.17, 15) is 9.59 Å². The van der Waals surface area contributed by atoms with Gasteiger partial charge in [-0.3, -0.25) is 0 Å². The number of carboxylic acid groups (broad SMARTS) is 2. The van der Waals surface area contributed by atoms with E-state index >= 15 is 0 Å². The van der Waals surface area contributed by atoms with Gasteiger partial charge in [0.05, 0.1) is 0 Å². The van der Waals surface area contributed by atoms with Crippen LogP contribution in [0.4, 0.5) is 0 Å². The molecule has 0 spiro atoms. The molecule has 5 heteroatoms. The van der Waals surface area contributed by atoms with Crippen molar-refractivity contribution in [1.82, 2.24) is 0 Å². The van der Waals surface area contributed by atoms with Crippen LogP contribution in [0.5, 0.6) is 0 Å². The van der Waals surface area contributed by atoms with Crippen LogP contribution in [0, 0.1) is 5.41 Å². The van der Waals surface area contributed by atoms with Crippen LogP contribution in [0.1, 0.15) is 33.6 Å². The van der Waals surface area contributed by atoms with Gasteiger partial charge in [-0.2, -0.15) is 0 Å². The zero-order valence-electron chi connectivity index (χ0n) is 9.13. The third-order valence-corrected chi connectivity index (χ3v) is 5.69. The molecule has 0 aromatic carbocycles. The third kappa shape index (κ3) is 1.97. The molecule has 0 aliphatic carbocycles. The molecule has 0 aliphatic rings. The number of hydrogen-bond donors (Lipinski definition) is 2. The van der Waals surface area contributed by atoms with Crippen LogP contribution in [0.25, 0.3) is 0 Å². The average molecular weight is 210 g/mol. The van der Waals surface area contributed by atoms with E-state index < -0.39 is 20.0 Å². The van der Waals surface area contributed by atoms with Gasteiger partial charge < -0.3 is 0 Å². The molecule has 14 heavy (non-hydrogen) atoms. The molecule has 0 radical (unpaired) electrons. The van der Waals surface area contributed by atoms with Crippen LogP contribution in [0.15, 0.2) is 0 Å². The minimum absolute atomic E-state index is 0.115. The van der Waals surface area contributed by atoms with Crippen LogP contribution in [0.2, 0.25) is 2.66 Å². The Hall–Kier alpha value is -0.0600. The molecule has 2 N–H and O–H groups in total. The van der Waals surface area contributed by atoms with Crippen LogP contribution >= 0.6 is 0 Å². The number of hydrogen-bond acceptors (Lipinski definition) is 2. The first kappa shape index (κ1) is 13.9. The van der Waals surface area contributed by atoms with Crippen molar-refractivity contribution >= 4 is 39.9 Å². The monoisotopic (exact) mass is 210 g/mol. The molecule has 0 saturated carbocycles. The molecule has 4 nitrogen and oxygen atoms in total. The van der Waals surface area contributed by atoms with Gasteiger partial charge in [0.2, 0.25) is 0 Å². The first-order chi connectivity index (χ1) is 6.26. The van der Waals surface area contributed by atoms with Gasteiger partial charge in [-0.15, -0.1) is 0 Å². The van der Waals surface area contributed by atoms with Gasteiger partial charge in [0.15, 0.2) is 0 Å². The molecule has 0 rings (SSSR count). The normalized spacial score (nSPS) is 12.6. The maximum atomic E-state index is 11.1. The van der Waals surface area contributed by atoms with Gasteiger partial charge in [-0.25, -0.2) is 0 Å².